The van der Waals surface area contributed by atoms with Crippen molar-refractivity contribution in [2.75, 3.05) is 25.6 Å². The average molecular weight is 533 g/mol. The van der Waals surface area contributed by atoms with Gasteiger partial charge in [-0.1, -0.05) is 26.0 Å². The van der Waals surface area contributed by atoms with E-state index >= 15 is 0 Å². The third-order valence-corrected chi connectivity index (χ3v) is 6.37. The Hall–Kier alpha value is -2.78. The highest BCUT2D eigenvalue weighted by Crippen LogP contribution is 2.39. The van der Waals surface area contributed by atoms with Gasteiger partial charge in [0.15, 0.2) is 11.5 Å². The lowest BCUT2D eigenvalue weighted by Gasteiger charge is -2.13. The number of benzene rings is 2. The number of nitrogens with one attached hydrogen (secondary N) is 1. The maximum Gasteiger partial charge on any atom is 0.294 e. The smallest absolute Gasteiger partial charge is 0.294 e. The number of anilines is 1. The fourth-order valence-corrected chi connectivity index (χ4v) is 4.68. The third kappa shape index (κ3) is 5.97. The first-order chi connectivity index (χ1) is 15.7. The van der Waals surface area contributed by atoms with Crippen LogP contribution in [0.3, 0.4) is 0 Å². The minimum atomic E-state index is -0.514. The summed E-state index contributed by atoms with van der Waals surface area (Å²) in [5, 5.41) is 2.24. The summed E-state index contributed by atoms with van der Waals surface area (Å²) in [7, 11) is 1.54. The first-order valence-electron chi connectivity index (χ1n) is 10.4. The van der Waals surface area contributed by atoms with Gasteiger partial charge < -0.3 is 14.8 Å². The number of halogens is 1. The molecule has 1 saturated heterocycles. The van der Waals surface area contributed by atoms with Gasteiger partial charge in [0.2, 0.25) is 5.91 Å². The van der Waals surface area contributed by atoms with Crippen molar-refractivity contribution < 1.29 is 23.9 Å². The Labute approximate surface area is 205 Å². The summed E-state index contributed by atoms with van der Waals surface area (Å²) in [6, 6.07) is 11.0. The van der Waals surface area contributed by atoms with E-state index in [2.05, 4.69) is 35.1 Å². The second-order valence-electron chi connectivity index (χ2n) is 7.56. The topological polar surface area (TPSA) is 84.9 Å². The van der Waals surface area contributed by atoms with Crippen LogP contribution in [0, 0.1) is 0 Å². The van der Waals surface area contributed by atoms with Gasteiger partial charge in [-0.15, -0.1) is 0 Å². The van der Waals surface area contributed by atoms with Crippen molar-refractivity contribution in [2.24, 2.45) is 0 Å². The van der Waals surface area contributed by atoms with Gasteiger partial charge in [0.25, 0.3) is 11.1 Å². The number of carbonyl (C=O) groups is 3. The Balaban J connectivity index is 1.72. The molecule has 0 unspecified atom stereocenters. The van der Waals surface area contributed by atoms with E-state index in [9.17, 15) is 14.4 Å². The molecule has 2 aromatic carbocycles. The monoisotopic (exact) mass is 532 g/mol. The maximum absolute atomic E-state index is 12.8. The van der Waals surface area contributed by atoms with Crippen LogP contribution in [0.4, 0.5) is 10.5 Å². The van der Waals surface area contributed by atoms with Crippen LogP contribution in [-0.2, 0) is 9.59 Å². The van der Waals surface area contributed by atoms with Gasteiger partial charge in [-0.2, -0.15) is 0 Å². The number of hydrogen-bond donors (Lipinski definition) is 1. The van der Waals surface area contributed by atoms with Crippen LogP contribution in [-0.4, -0.2) is 42.2 Å². The van der Waals surface area contributed by atoms with Crippen LogP contribution < -0.4 is 14.8 Å². The average Bonchev–Trinajstić information content (AvgIpc) is 3.01. The summed E-state index contributed by atoms with van der Waals surface area (Å²) in [6.07, 6.45) is 1.60. The van der Waals surface area contributed by atoms with Gasteiger partial charge in [0, 0.05) is 5.69 Å². The molecule has 0 radical (unpaired) electrons. The quantitative estimate of drug-likeness (QED) is 0.442. The molecule has 2 aromatic rings. The zero-order valence-electron chi connectivity index (χ0n) is 18.8. The van der Waals surface area contributed by atoms with Gasteiger partial charge in [0.1, 0.15) is 6.54 Å². The second-order valence-corrected chi connectivity index (χ2v) is 9.41. The molecule has 1 aliphatic heterocycles. The fraction of sp³-hybridized carbons (Fsp3) is 0.292. The lowest BCUT2D eigenvalue weighted by molar-refractivity contribution is -0.127. The van der Waals surface area contributed by atoms with Crippen molar-refractivity contribution in [1.82, 2.24) is 4.90 Å². The molecule has 0 atom stereocenters. The zero-order chi connectivity index (χ0) is 24.1. The molecular formula is C24H25BrN2O5S. The molecule has 1 N–H and O–H groups in total. The van der Waals surface area contributed by atoms with Gasteiger partial charge in [-0.25, -0.2) is 0 Å². The number of rotatable bonds is 8. The molecule has 3 rings (SSSR count). The molecule has 1 aliphatic rings. The number of methoxy groups -OCH3 is 1. The van der Waals surface area contributed by atoms with E-state index in [0.717, 1.165) is 22.2 Å². The minimum Gasteiger partial charge on any atom is -0.492 e. The van der Waals surface area contributed by atoms with E-state index < -0.39 is 17.1 Å². The molecule has 1 fully saturated rings. The Morgan fingerprint density at radius 1 is 1.21 bits per heavy atom. The normalized spacial score (nSPS) is 14.8. The first kappa shape index (κ1) is 24.9. The highest BCUT2D eigenvalue weighted by molar-refractivity contribution is 9.10. The standard InChI is InChI=1S/C24H25BrN2O5S/c1-5-32-19-11-15(10-18(25)22(19)31-4)12-20-23(29)27(24(30)33-20)13-21(28)26-17-8-6-16(7-9-17)14(2)3/h6-12,14H,5,13H2,1-4H3,(H,26,28)/b20-12+. The Bertz CT molecular complexity index is 1100. The molecular weight excluding hydrogens is 508 g/mol. The van der Waals surface area contributed by atoms with E-state index in [4.69, 9.17) is 9.47 Å². The highest BCUT2D eigenvalue weighted by Gasteiger charge is 2.36. The first-order valence-corrected chi connectivity index (χ1v) is 12.0. The third-order valence-electron chi connectivity index (χ3n) is 4.87. The van der Waals surface area contributed by atoms with Crippen molar-refractivity contribution >= 4 is 56.5 Å². The maximum atomic E-state index is 12.8. The number of hydrogen-bond acceptors (Lipinski definition) is 6. The predicted molar refractivity (Wildman–Crippen MR) is 134 cm³/mol. The SMILES string of the molecule is CCOc1cc(/C=C2/SC(=O)N(CC(=O)Nc3ccc(C(C)C)cc3)C2=O)cc(Br)c1OC. The summed E-state index contributed by atoms with van der Waals surface area (Å²) >= 11 is 4.23. The van der Waals surface area contributed by atoms with Crippen LogP contribution in [0.15, 0.2) is 45.8 Å². The van der Waals surface area contributed by atoms with Crippen molar-refractivity contribution in [2.45, 2.75) is 26.7 Å². The minimum absolute atomic E-state index is 0.230. The predicted octanol–water partition coefficient (Wildman–Crippen LogP) is 5.65. The summed E-state index contributed by atoms with van der Waals surface area (Å²) < 4.78 is 11.6. The number of amides is 3. The van der Waals surface area contributed by atoms with E-state index in [1.165, 1.54) is 7.11 Å². The number of nitrogens with zero attached hydrogens (tertiary/aromatic N) is 1. The van der Waals surface area contributed by atoms with Crippen LogP contribution in [0.1, 0.15) is 37.8 Å². The van der Waals surface area contributed by atoms with Crippen molar-refractivity contribution in [3.63, 3.8) is 0 Å². The lowest BCUT2D eigenvalue weighted by atomic mass is 10.0. The molecule has 7 nitrogen and oxygen atoms in total. The fourth-order valence-electron chi connectivity index (χ4n) is 3.22. The van der Waals surface area contributed by atoms with E-state index in [0.29, 0.717) is 39.7 Å². The number of imide groups is 1. The summed E-state index contributed by atoms with van der Waals surface area (Å²) in [6.45, 7) is 6.12. The molecule has 0 saturated carbocycles. The lowest BCUT2D eigenvalue weighted by Crippen LogP contribution is -2.36. The van der Waals surface area contributed by atoms with Gasteiger partial charge in [-0.05, 0) is 82.0 Å². The van der Waals surface area contributed by atoms with Gasteiger partial charge >= 0.3 is 0 Å². The molecule has 174 valence electrons. The van der Waals surface area contributed by atoms with Crippen LogP contribution in [0.25, 0.3) is 6.08 Å². The summed E-state index contributed by atoms with van der Waals surface area (Å²) in [4.78, 5) is 38.9. The summed E-state index contributed by atoms with van der Waals surface area (Å²) in [5.41, 5.74) is 2.42. The van der Waals surface area contributed by atoms with Gasteiger partial charge in [0.05, 0.1) is 23.1 Å². The van der Waals surface area contributed by atoms with E-state index in [1.54, 1.807) is 30.3 Å². The molecule has 3 amide bonds. The summed E-state index contributed by atoms with van der Waals surface area (Å²) in [5.74, 6) is 0.484. The largest absolute Gasteiger partial charge is 0.492 e. The molecule has 33 heavy (non-hydrogen) atoms. The molecule has 0 spiro atoms. The number of thioether (sulfide) groups is 1. The number of carbonyl (C=O) groups excluding carboxylic acids is 3. The van der Waals surface area contributed by atoms with Gasteiger partial charge in [-0.3, -0.25) is 19.3 Å². The van der Waals surface area contributed by atoms with Crippen molar-refractivity contribution in [3.8, 4) is 11.5 Å². The second kappa shape index (κ2) is 10.9. The molecule has 0 aliphatic carbocycles. The molecule has 1 heterocycles. The van der Waals surface area contributed by atoms with Crippen molar-refractivity contribution in [1.29, 1.82) is 0 Å². The van der Waals surface area contributed by atoms with Crippen LogP contribution >= 0.6 is 27.7 Å². The van der Waals surface area contributed by atoms with E-state index in [-0.39, 0.29) is 11.4 Å². The molecule has 0 aromatic heterocycles. The Morgan fingerprint density at radius 3 is 2.52 bits per heavy atom. The highest BCUT2D eigenvalue weighted by atomic mass is 79.9. The number of ether oxygens (including phenoxy) is 2. The van der Waals surface area contributed by atoms with Crippen LogP contribution in [0.5, 0.6) is 11.5 Å². The molecule has 0 bridgehead atoms. The molecule has 9 heteroatoms. The zero-order valence-corrected chi connectivity index (χ0v) is 21.2. The van der Waals surface area contributed by atoms with Crippen molar-refractivity contribution in [3.05, 3.63) is 56.9 Å². The Morgan fingerprint density at radius 2 is 1.91 bits per heavy atom. The Kier molecular flexibility index (Phi) is 8.20. The van der Waals surface area contributed by atoms with E-state index in [1.807, 2.05) is 19.1 Å². The van der Waals surface area contributed by atoms with Crippen LogP contribution in [0.2, 0.25) is 0 Å².